The molecule has 0 saturated heterocycles. The van der Waals surface area contributed by atoms with E-state index in [0.29, 0.717) is 0 Å². The highest BCUT2D eigenvalue weighted by molar-refractivity contribution is 5.38. The maximum atomic E-state index is 4.03. The first-order chi connectivity index (χ1) is 7.42. The summed E-state index contributed by atoms with van der Waals surface area (Å²) < 4.78 is 0. The van der Waals surface area contributed by atoms with Crippen LogP contribution in [0.2, 0.25) is 0 Å². The van der Waals surface area contributed by atoms with Crippen molar-refractivity contribution in [2.45, 2.75) is 19.3 Å². The van der Waals surface area contributed by atoms with Gasteiger partial charge in [-0.25, -0.2) is 0 Å². The molecule has 1 aromatic carbocycles. The van der Waals surface area contributed by atoms with Crippen molar-refractivity contribution in [3.05, 3.63) is 43.1 Å². The van der Waals surface area contributed by atoms with Crippen LogP contribution in [-0.2, 0) is 6.42 Å². The van der Waals surface area contributed by atoms with Crippen molar-refractivity contribution in [1.82, 2.24) is 20.2 Å². The third-order valence-electron chi connectivity index (χ3n) is 2.25. The summed E-state index contributed by atoms with van der Waals surface area (Å²) in [6.07, 6.45) is 4.46. The van der Waals surface area contributed by atoms with Gasteiger partial charge >= 0.3 is 0 Å². The van der Waals surface area contributed by atoms with Gasteiger partial charge in [0, 0.05) is 0 Å². The van der Waals surface area contributed by atoms with E-state index in [1.165, 1.54) is 11.9 Å². The highest BCUT2D eigenvalue weighted by Crippen LogP contribution is 2.14. The lowest BCUT2D eigenvalue weighted by Crippen LogP contribution is -2.03. The number of hydrogen-bond acceptors (Lipinski definition) is 3. The number of unbranched alkanes of at least 4 members (excludes halogenated alkanes) is 1. The quantitative estimate of drug-likeness (QED) is 0.757. The first-order valence-corrected chi connectivity index (χ1v) is 5.02. The molecular formula is C11H13N4. The van der Waals surface area contributed by atoms with E-state index in [-0.39, 0.29) is 0 Å². The van der Waals surface area contributed by atoms with Crippen LogP contribution in [0.5, 0.6) is 0 Å². The Morgan fingerprint density at radius 2 is 2.13 bits per heavy atom. The van der Waals surface area contributed by atoms with E-state index in [0.717, 1.165) is 24.9 Å². The summed E-state index contributed by atoms with van der Waals surface area (Å²) in [5.41, 5.74) is 2.24. The van der Waals surface area contributed by atoms with Gasteiger partial charge in [-0.3, -0.25) is 0 Å². The monoisotopic (exact) mass is 201 g/mol. The minimum atomic E-state index is 0.944. The van der Waals surface area contributed by atoms with Crippen molar-refractivity contribution in [2.24, 2.45) is 0 Å². The average molecular weight is 201 g/mol. The minimum absolute atomic E-state index is 0.944. The van der Waals surface area contributed by atoms with Crippen molar-refractivity contribution >= 4 is 0 Å². The van der Waals surface area contributed by atoms with E-state index >= 15 is 0 Å². The molecule has 0 saturated carbocycles. The molecule has 2 rings (SSSR count). The summed E-state index contributed by atoms with van der Waals surface area (Å²) in [5, 5.41) is 11.6. The van der Waals surface area contributed by atoms with Crippen molar-refractivity contribution in [3.63, 3.8) is 0 Å². The number of aryl methyl sites for hydroxylation is 1. The van der Waals surface area contributed by atoms with Crippen LogP contribution in [0.15, 0.2) is 30.6 Å². The van der Waals surface area contributed by atoms with Crippen LogP contribution in [0, 0.1) is 6.92 Å². The maximum absolute atomic E-state index is 4.03. The lowest BCUT2D eigenvalue weighted by atomic mass is 10.1. The number of hydrogen-bond donors (Lipinski definition) is 0. The zero-order valence-electron chi connectivity index (χ0n) is 8.50. The fourth-order valence-corrected chi connectivity index (χ4v) is 1.51. The third-order valence-corrected chi connectivity index (χ3v) is 2.25. The molecule has 1 radical (unpaired) electrons. The first kappa shape index (κ1) is 9.83. The van der Waals surface area contributed by atoms with Gasteiger partial charge in [0.1, 0.15) is 0 Å². The Morgan fingerprint density at radius 3 is 2.87 bits per heavy atom. The topological polar surface area (TPSA) is 43.6 Å². The summed E-state index contributed by atoms with van der Waals surface area (Å²) in [5.74, 6) is 0. The average Bonchev–Trinajstić information content (AvgIpc) is 2.80. The SMILES string of the molecule is [CH2]CCCc1ccccc1-n1ncnn1. The lowest BCUT2D eigenvalue weighted by Gasteiger charge is -2.06. The van der Waals surface area contributed by atoms with Gasteiger partial charge in [-0.2, -0.15) is 0 Å². The second kappa shape index (κ2) is 4.68. The molecule has 0 aliphatic rings. The minimum Gasteiger partial charge on any atom is -0.135 e. The predicted molar refractivity (Wildman–Crippen MR) is 57.4 cm³/mol. The van der Waals surface area contributed by atoms with E-state index in [2.05, 4.69) is 28.4 Å². The standard InChI is InChI=1S/C11H13N4/c1-2-3-6-10-7-4-5-8-11(10)15-13-9-12-14-15/h4-5,7-9H,1-3,6H2. The molecule has 15 heavy (non-hydrogen) atoms. The number of tetrazole rings is 1. The highest BCUT2D eigenvalue weighted by Gasteiger charge is 2.04. The zero-order chi connectivity index (χ0) is 10.5. The number of para-hydroxylation sites is 1. The van der Waals surface area contributed by atoms with Gasteiger partial charge in [0.2, 0.25) is 0 Å². The van der Waals surface area contributed by atoms with Crippen molar-refractivity contribution < 1.29 is 0 Å². The van der Waals surface area contributed by atoms with Gasteiger partial charge in [-0.15, -0.1) is 15.0 Å². The van der Waals surface area contributed by atoms with Gasteiger partial charge < -0.3 is 0 Å². The molecule has 4 nitrogen and oxygen atoms in total. The largest absolute Gasteiger partial charge is 0.162 e. The smallest absolute Gasteiger partial charge is 0.135 e. The van der Waals surface area contributed by atoms with E-state index in [1.807, 2.05) is 18.2 Å². The van der Waals surface area contributed by atoms with Crippen LogP contribution in [0.1, 0.15) is 18.4 Å². The van der Waals surface area contributed by atoms with Crippen LogP contribution in [-0.4, -0.2) is 20.2 Å². The molecule has 0 aliphatic carbocycles. The molecule has 0 unspecified atom stereocenters. The second-order valence-electron chi connectivity index (χ2n) is 3.31. The molecule has 0 aliphatic heterocycles. The summed E-state index contributed by atoms with van der Waals surface area (Å²) in [6, 6.07) is 8.10. The molecule has 0 N–H and O–H groups in total. The molecule has 77 valence electrons. The second-order valence-corrected chi connectivity index (χ2v) is 3.31. The summed E-state index contributed by atoms with van der Waals surface area (Å²) in [4.78, 5) is 1.55. The molecular weight excluding hydrogens is 188 g/mol. The molecule has 1 aromatic heterocycles. The number of nitrogens with zero attached hydrogens (tertiary/aromatic N) is 4. The van der Waals surface area contributed by atoms with E-state index in [9.17, 15) is 0 Å². The van der Waals surface area contributed by atoms with Gasteiger partial charge in [0.15, 0.2) is 6.33 Å². The van der Waals surface area contributed by atoms with Gasteiger partial charge in [0.05, 0.1) is 5.69 Å². The molecule has 2 aromatic rings. The van der Waals surface area contributed by atoms with E-state index < -0.39 is 0 Å². The highest BCUT2D eigenvalue weighted by atomic mass is 15.6. The molecule has 0 spiro atoms. The van der Waals surface area contributed by atoms with E-state index in [4.69, 9.17) is 0 Å². The Bertz CT molecular complexity index is 408. The van der Waals surface area contributed by atoms with Crippen molar-refractivity contribution in [2.75, 3.05) is 0 Å². The lowest BCUT2D eigenvalue weighted by molar-refractivity contribution is 0.705. The Hall–Kier alpha value is -1.71. The molecule has 4 heteroatoms. The van der Waals surface area contributed by atoms with Crippen LogP contribution in [0.4, 0.5) is 0 Å². The summed E-state index contributed by atoms with van der Waals surface area (Å²) in [7, 11) is 0. The zero-order valence-corrected chi connectivity index (χ0v) is 8.50. The summed E-state index contributed by atoms with van der Waals surface area (Å²) in [6.45, 7) is 3.84. The Kier molecular flexibility index (Phi) is 3.07. The Labute approximate surface area is 88.9 Å². The van der Waals surface area contributed by atoms with Gasteiger partial charge in [-0.1, -0.05) is 31.5 Å². The normalized spacial score (nSPS) is 10.5. The van der Waals surface area contributed by atoms with Crippen LogP contribution < -0.4 is 0 Å². The van der Waals surface area contributed by atoms with E-state index in [1.54, 1.807) is 4.80 Å². The number of rotatable bonds is 4. The number of aromatic nitrogens is 4. The summed E-state index contributed by atoms with van der Waals surface area (Å²) >= 11 is 0. The van der Waals surface area contributed by atoms with Crippen LogP contribution in [0.25, 0.3) is 5.69 Å². The number of benzene rings is 1. The van der Waals surface area contributed by atoms with Gasteiger partial charge in [-0.05, 0) is 29.7 Å². The Balaban J connectivity index is 2.30. The molecule has 0 atom stereocenters. The molecule has 1 heterocycles. The van der Waals surface area contributed by atoms with Gasteiger partial charge in [0.25, 0.3) is 0 Å². The molecule has 0 amide bonds. The Morgan fingerprint density at radius 1 is 1.27 bits per heavy atom. The van der Waals surface area contributed by atoms with Crippen molar-refractivity contribution in [1.29, 1.82) is 0 Å². The fourth-order valence-electron chi connectivity index (χ4n) is 1.51. The fraction of sp³-hybridized carbons (Fsp3) is 0.273. The predicted octanol–water partition coefficient (Wildman–Crippen LogP) is 1.82. The van der Waals surface area contributed by atoms with Crippen molar-refractivity contribution in [3.8, 4) is 5.69 Å². The third kappa shape index (κ3) is 2.21. The molecule has 0 bridgehead atoms. The maximum Gasteiger partial charge on any atom is 0.162 e. The molecule has 0 fully saturated rings. The first-order valence-electron chi connectivity index (χ1n) is 5.02. The van der Waals surface area contributed by atoms with Crippen LogP contribution in [0.3, 0.4) is 0 Å². The van der Waals surface area contributed by atoms with Crippen LogP contribution >= 0.6 is 0 Å².